The zero-order valence-corrected chi connectivity index (χ0v) is 13.0. The van der Waals surface area contributed by atoms with Crippen molar-refractivity contribution in [1.82, 2.24) is 5.32 Å². The standard InChI is InChI=1S/C12H26N2O3S/c1-7-12(5,6)14-10(15)9(2)18(16,17)8-11(3,4)13/h9H,7-8,13H2,1-6H3,(H,14,15). The van der Waals surface area contributed by atoms with E-state index >= 15 is 0 Å². The quantitative estimate of drug-likeness (QED) is 0.753. The summed E-state index contributed by atoms with van der Waals surface area (Å²) in [6, 6.07) is 0. The average Bonchev–Trinajstić information content (AvgIpc) is 2.12. The maximum atomic E-state index is 12.0. The summed E-state index contributed by atoms with van der Waals surface area (Å²) in [5.41, 5.74) is 4.46. The molecule has 0 aromatic carbocycles. The molecular formula is C12H26N2O3S. The molecule has 0 bridgehead atoms. The van der Waals surface area contributed by atoms with Crippen LogP contribution in [-0.4, -0.2) is 36.4 Å². The second-order valence-electron chi connectivity index (χ2n) is 6.16. The largest absolute Gasteiger partial charge is 0.350 e. The number of hydrogen-bond donors (Lipinski definition) is 2. The lowest BCUT2D eigenvalue weighted by molar-refractivity contribution is -0.122. The minimum Gasteiger partial charge on any atom is -0.350 e. The minimum absolute atomic E-state index is 0.207. The molecule has 3 N–H and O–H groups in total. The van der Waals surface area contributed by atoms with Gasteiger partial charge in [0.1, 0.15) is 5.25 Å². The first kappa shape index (κ1) is 17.4. The topological polar surface area (TPSA) is 89.3 Å². The molecule has 5 nitrogen and oxygen atoms in total. The Morgan fingerprint density at radius 1 is 1.28 bits per heavy atom. The van der Waals surface area contributed by atoms with Crippen LogP contribution in [0.15, 0.2) is 0 Å². The molecular weight excluding hydrogens is 252 g/mol. The van der Waals surface area contributed by atoms with Crippen molar-refractivity contribution in [3.05, 3.63) is 0 Å². The molecule has 0 fully saturated rings. The van der Waals surface area contributed by atoms with Crippen LogP contribution in [0, 0.1) is 0 Å². The van der Waals surface area contributed by atoms with Crippen molar-refractivity contribution >= 4 is 15.7 Å². The van der Waals surface area contributed by atoms with Gasteiger partial charge in [0, 0.05) is 11.1 Å². The van der Waals surface area contributed by atoms with Gasteiger partial charge in [-0.25, -0.2) is 8.42 Å². The van der Waals surface area contributed by atoms with E-state index in [-0.39, 0.29) is 5.75 Å². The number of rotatable bonds is 6. The van der Waals surface area contributed by atoms with Crippen molar-refractivity contribution in [2.45, 2.75) is 64.3 Å². The SMILES string of the molecule is CCC(C)(C)NC(=O)C(C)S(=O)(=O)CC(C)(C)N. The van der Waals surface area contributed by atoms with Crippen LogP contribution in [0.3, 0.4) is 0 Å². The maximum Gasteiger partial charge on any atom is 0.238 e. The summed E-state index contributed by atoms with van der Waals surface area (Å²) in [5.74, 6) is -0.674. The van der Waals surface area contributed by atoms with E-state index in [1.807, 2.05) is 20.8 Å². The van der Waals surface area contributed by atoms with E-state index in [0.29, 0.717) is 0 Å². The highest BCUT2D eigenvalue weighted by molar-refractivity contribution is 7.92. The number of nitrogens with one attached hydrogen (secondary N) is 1. The van der Waals surface area contributed by atoms with E-state index in [4.69, 9.17) is 5.73 Å². The van der Waals surface area contributed by atoms with E-state index in [9.17, 15) is 13.2 Å². The van der Waals surface area contributed by atoms with E-state index < -0.39 is 32.1 Å². The highest BCUT2D eigenvalue weighted by Crippen LogP contribution is 2.13. The smallest absolute Gasteiger partial charge is 0.238 e. The van der Waals surface area contributed by atoms with Crippen molar-refractivity contribution in [1.29, 1.82) is 0 Å². The van der Waals surface area contributed by atoms with Crippen LogP contribution in [0.5, 0.6) is 0 Å². The molecule has 18 heavy (non-hydrogen) atoms. The van der Waals surface area contributed by atoms with E-state index in [0.717, 1.165) is 6.42 Å². The molecule has 0 radical (unpaired) electrons. The lowest BCUT2D eigenvalue weighted by Gasteiger charge is -2.27. The van der Waals surface area contributed by atoms with Gasteiger partial charge in [-0.2, -0.15) is 0 Å². The molecule has 0 aliphatic rings. The third kappa shape index (κ3) is 5.82. The Morgan fingerprint density at radius 3 is 2.06 bits per heavy atom. The maximum absolute atomic E-state index is 12.0. The molecule has 0 saturated heterocycles. The summed E-state index contributed by atoms with van der Waals surface area (Å²) in [6.07, 6.45) is 0.730. The summed E-state index contributed by atoms with van der Waals surface area (Å²) in [5, 5.41) is 1.66. The molecule has 0 aliphatic carbocycles. The van der Waals surface area contributed by atoms with E-state index in [1.165, 1.54) is 6.92 Å². The van der Waals surface area contributed by atoms with E-state index in [1.54, 1.807) is 13.8 Å². The molecule has 0 aromatic heterocycles. The molecule has 0 aliphatic heterocycles. The van der Waals surface area contributed by atoms with Crippen LogP contribution in [0.4, 0.5) is 0 Å². The Hall–Kier alpha value is -0.620. The van der Waals surface area contributed by atoms with Gasteiger partial charge < -0.3 is 11.1 Å². The van der Waals surface area contributed by atoms with Crippen LogP contribution >= 0.6 is 0 Å². The Balaban J connectivity index is 4.85. The van der Waals surface area contributed by atoms with Gasteiger partial charge in [0.05, 0.1) is 5.75 Å². The number of carbonyl (C=O) groups excluding carboxylic acids is 1. The number of nitrogens with two attached hydrogens (primary N) is 1. The van der Waals surface area contributed by atoms with Gasteiger partial charge >= 0.3 is 0 Å². The van der Waals surface area contributed by atoms with Gasteiger partial charge in [-0.05, 0) is 41.0 Å². The van der Waals surface area contributed by atoms with Gasteiger partial charge in [-0.3, -0.25) is 4.79 Å². The second-order valence-corrected chi connectivity index (χ2v) is 8.49. The third-order valence-electron chi connectivity index (χ3n) is 2.83. The number of sulfone groups is 1. The molecule has 1 atom stereocenters. The summed E-state index contributed by atoms with van der Waals surface area (Å²) in [7, 11) is -3.53. The monoisotopic (exact) mass is 278 g/mol. The van der Waals surface area contributed by atoms with Gasteiger partial charge in [0.25, 0.3) is 0 Å². The molecule has 6 heteroatoms. The normalized spacial score (nSPS) is 15.3. The molecule has 108 valence electrons. The van der Waals surface area contributed by atoms with Crippen LogP contribution in [0.2, 0.25) is 0 Å². The number of hydrogen-bond acceptors (Lipinski definition) is 4. The molecule has 0 heterocycles. The minimum atomic E-state index is -3.53. The highest BCUT2D eigenvalue weighted by Gasteiger charge is 2.34. The van der Waals surface area contributed by atoms with Gasteiger partial charge in [-0.1, -0.05) is 6.92 Å². The summed E-state index contributed by atoms with van der Waals surface area (Å²) < 4.78 is 24.0. The summed E-state index contributed by atoms with van der Waals surface area (Å²) in [6.45, 7) is 10.3. The van der Waals surface area contributed by atoms with Crippen LogP contribution in [-0.2, 0) is 14.6 Å². The van der Waals surface area contributed by atoms with Crippen molar-refractivity contribution in [2.75, 3.05) is 5.75 Å². The molecule has 0 spiro atoms. The first-order valence-electron chi connectivity index (χ1n) is 6.13. The second kappa shape index (κ2) is 5.57. The predicted octanol–water partition coefficient (Wildman–Crippen LogP) is 0.832. The van der Waals surface area contributed by atoms with E-state index in [2.05, 4.69) is 5.32 Å². The van der Waals surface area contributed by atoms with Crippen molar-refractivity contribution in [2.24, 2.45) is 5.73 Å². The Kier molecular flexibility index (Phi) is 5.38. The predicted molar refractivity (Wildman–Crippen MR) is 74.0 cm³/mol. The molecule has 0 saturated carbocycles. The zero-order valence-electron chi connectivity index (χ0n) is 12.2. The Morgan fingerprint density at radius 2 is 1.72 bits per heavy atom. The first-order chi connectivity index (χ1) is 7.81. The Labute approximate surface area is 110 Å². The highest BCUT2D eigenvalue weighted by atomic mass is 32.2. The summed E-state index contributed by atoms with van der Waals surface area (Å²) >= 11 is 0. The fraction of sp³-hybridized carbons (Fsp3) is 0.917. The lowest BCUT2D eigenvalue weighted by atomic mass is 10.0. The van der Waals surface area contributed by atoms with Gasteiger partial charge in [-0.15, -0.1) is 0 Å². The first-order valence-corrected chi connectivity index (χ1v) is 7.85. The van der Waals surface area contributed by atoms with Gasteiger partial charge in [0.15, 0.2) is 9.84 Å². The number of amides is 1. The summed E-state index contributed by atoms with van der Waals surface area (Å²) in [4.78, 5) is 11.9. The van der Waals surface area contributed by atoms with Crippen molar-refractivity contribution in [3.8, 4) is 0 Å². The fourth-order valence-electron chi connectivity index (χ4n) is 1.33. The number of carbonyl (C=O) groups is 1. The van der Waals surface area contributed by atoms with Crippen LogP contribution in [0.1, 0.15) is 48.0 Å². The van der Waals surface area contributed by atoms with Crippen LogP contribution in [0.25, 0.3) is 0 Å². The average molecular weight is 278 g/mol. The molecule has 0 aromatic rings. The van der Waals surface area contributed by atoms with Gasteiger partial charge in [0.2, 0.25) is 5.91 Å². The van der Waals surface area contributed by atoms with Crippen molar-refractivity contribution < 1.29 is 13.2 Å². The third-order valence-corrected chi connectivity index (χ3v) is 5.26. The molecule has 0 rings (SSSR count). The lowest BCUT2D eigenvalue weighted by Crippen LogP contribution is -2.51. The van der Waals surface area contributed by atoms with Crippen LogP contribution < -0.4 is 11.1 Å². The molecule has 1 unspecified atom stereocenters. The Bertz CT molecular complexity index is 394. The fourth-order valence-corrected chi connectivity index (χ4v) is 3.00. The molecule has 1 amide bonds. The zero-order chi connectivity index (χ0) is 14.8. The van der Waals surface area contributed by atoms with Crippen molar-refractivity contribution in [3.63, 3.8) is 0 Å².